The topological polar surface area (TPSA) is 58.4 Å². The van der Waals surface area contributed by atoms with E-state index in [1.54, 1.807) is 19.2 Å². The number of amides is 2. The second-order valence-electron chi connectivity index (χ2n) is 4.38. The Balaban J connectivity index is 2.54. The maximum absolute atomic E-state index is 11.6. The van der Waals surface area contributed by atoms with Crippen LogP contribution in [0.4, 0.5) is 10.6 Å². The number of hydrogen-bond acceptors (Lipinski definition) is 3. The van der Waals surface area contributed by atoms with E-state index in [0.717, 1.165) is 12.2 Å². The molecule has 5 heteroatoms. The lowest BCUT2D eigenvalue weighted by Crippen LogP contribution is -2.31. The fourth-order valence-corrected chi connectivity index (χ4v) is 1.35. The van der Waals surface area contributed by atoms with Crippen LogP contribution in [0.3, 0.4) is 0 Å². The highest BCUT2D eigenvalue weighted by Gasteiger charge is 2.11. The molecular formula is C12H19N3O2. The molecule has 5 nitrogen and oxygen atoms in total. The summed E-state index contributed by atoms with van der Waals surface area (Å²) < 4.78 is 5.11. The Kier molecular flexibility index (Phi) is 4.75. The Hall–Kier alpha value is -1.78. The van der Waals surface area contributed by atoms with Gasteiger partial charge in [0, 0.05) is 26.1 Å². The highest BCUT2D eigenvalue weighted by Crippen LogP contribution is 2.13. The summed E-state index contributed by atoms with van der Waals surface area (Å²) in [6.07, 6.45) is 2.47. The smallest absolute Gasteiger partial charge is 0.323 e. The van der Waals surface area contributed by atoms with Crippen LogP contribution in [-0.4, -0.2) is 29.7 Å². The first-order valence-electron chi connectivity index (χ1n) is 5.61. The predicted octanol–water partition coefficient (Wildman–Crippen LogP) is 2.52. The summed E-state index contributed by atoms with van der Waals surface area (Å²) in [7, 11) is 1.69. The van der Waals surface area contributed by atoms with Gasteiger partial charge in [-0.15, -0.1) is 6.58 Å². The molecule has 0 saturated heterocycles. The average molecular weight is 237 g/mol. The molecule has 0 aliphatic heterocycles. The number of urea groups is 1. The predicted molar refractivity (Wildman–Crippen MR) is 66.9 cm³/mol. The van der Waals surface area contributed by atoms with Crippen molar-refractivity contribution in [3.8, 4) is 0 Å². The van der Waals surface area contributed by atoms with Crippen molar-refractivity contribution in [2.75, 3.05) is 18.9 Å². The third-order valence-electron chi connectivity index (χ3n) is 2.15. The number of anilines is 1. The van der Waals surface area contributed by atoms with Gasteiger partial charge in [-0.2, -0.15) is 0 Å². The first-order chi connectivity index (χ1) is 8.02. The van der Waals surface area contributed by atoms with Gasteiger partial charge >= 0.3 is 6.03 Å². The van der Waals surface area contributed by atoms with E-state index in [-0.39, 0.29) is 6.03 Å². The van der Waals surface area contributed by atoms with E-state index >= 15 is 0 Å². The van der Waals surface area contributed by atoms with E-state index in [9.17, 15) is 4.79 Å². The number of aromatic nitrogens is 1. The first kappa shape index (κ1) is 13.3. The van der Waals surface area contributed by atoms with E-state index in [4.69, 9.17) is 4.52 Å². The maximum Gasteiger partial charge on any atom is 0.323 e. The van der Waals surface area contributed by atoms with Crippen LogP contribution in [0.1, 0.15) is 19.6 Å². The Bertz CT molecular complexity index is 385. The molecule has 94 valence electrons. The molecule has 1 aromatic heterocycles. The van der Waals surface area contributed by atoms with Crippen molar-refractivity contribution in [2.24, 2.45) is 5.92 Å². The van der Waals surface area contributed by atoms with Crippen LogP contribution in [0.5, 0.6) is 0 Å². The minimum absolute atomic E-state index is 0.228. The van der Waals surface area contributed by atoms with Crippen molar-refractivity contribution in [1.82, 2.24) is 10.1 Å². The molecule has 1 heterocycles. The molecule has 0 bridgehead atoms. The Morgan fingerprint density at radius 3 is 3.00 bits per heavy atom. The summed E-state index contributed by atoms with van der Waals surface area (Å²) in [5.41, 5.74) is 0. The number of likely N-dealkylation sites (N-methyl/N-ethyl adjacent to an activating group) is 1. The van der Waals surface area contributed by atoms with Gasteiger partial charge in [0.25, 0.3) is 0 Å². The molecule has 0 aliphatic rings. The number of hydrogen-bond donors (Lipinski definition) is 1. The number of nitrogens with zero attached hydrogens (tertiary/aromatic N) is 2. The van der Waals surface area contributed by atoms with E-state index < -0.39 is 0 Å². The zero-order chi connectivity index (χ0) is 12.8. The standard InChI is InChI=1S/C12H19N3O2/c1-5-6-15(4)12(16)13-11-8-10(17-14-11)7-9(2)3/h5,8-9H,1,6-7H2,2-4H3,(H,13,14,16). The zero-order valence-electron chi connectivity index (χ0n) is 10.6. The van der Waals surface area contributed by atoms with Crippen LogP contribution in [0.15, 0.2) is 23.2 Å². The quantitative estimate of drug-likeness (QED) is 0.800. The third kappa shape index (κ3) is 4.30. The monoisotopic (exact) mass is 237 g/mol. The van der Waals surface area contributed by atoms with Gasteiger partial charge < -0.3 is 9.42 Å². The van der Waals surface area contributed by atoms with Gasteiger partial charge in [0.2, 0.25) is 0 Å². The second-order valence-corrected chi connectivity index (χ2v) is 4.38. The first-order valence-corrected chi connectivity index (χ1v) is 5.61. The maximum atomic E-state index is 11.6. The molecule has 0 radical (unpaired) electrons. The fourth-order valence-electron chi connectivity index (χ4n) is 1.35. The van der Waals surface area contributed by atoms with Crippen LogP contribution in [-0.2, 0) is 6.42 Å². The van der Waals surface area contributed by atoms with Crippen molar-refractivity contribution in [2.45, 2.75) is 20.3 Å². The molecule has 0 aromatic carbocycles. The zero-order valence-corrected chi connectivity index (χ0v) is 10.6. The van der Waals surface area contributed by atoms with Crippen LogP contribution in [0, 0.1) is 5.92 Å². The number of nitrogens with one attached hydrogen (secondary N) is 1. The number of carbonyl (C=O) groups excluding carboxylic acids is 1. The minimum atomic E-state index is -0.228. The Morgan fingerprint density at radius 1 is 1.71 bits per heavy atom. The normalized spacial score (nSPS) is 10.4. The summed E-state index contributed by atoms with van der Waals surface area (Å²) >= 11 is 0. The van der Waals surface area contributed by atoms with E-state index in [2.05, 4.69) is 30.9 Å². The molecule has 1 aromatic rings. The van der Waals surface area contributed by atoms with Gasteiger partial charge in [-0.1, -0.05) is 25.1 Å². The highest BCUT2D eigenvalue weighted by atomic mass is 16.5. The summed E-state index contributed by atoms with van der Waals surface area (Å²) in [5, 5.41) is 6.45. The molecule has 17 heavy (non-hydrogen) atoms. The third-order valence-corrected chi connectivity index (χ3v) is 2.15. The lowest BCUT2D eigenvalue weighted by Gasteiger charge is -2.13. The number of rotatable bonds is 5. The van der Waals surface area contributed by atoms with Gasteiger partial charge in [0.15, 0.2) is 5.82 Å². The van der Waals surface area contributed by atoms with Crippen LogP contribution in [0.2, 0.25) is 0 Å². The van der Waals surface area contributed by atoms with E-state index in [1.807, 2.05) is 0 Å². The second kappa shape index (κ2) is 6.08. The Morgan fingerprint density at radius 2 is 2.41 bits per heavy atom. The van der Waals surface area contributed by atoms with Gasteiger partial charge in [-0.3, -0.25) is 5.32 Å². The SMILES string of the molecule is C=CCN(C)C(=O)Nc1cc(CC(C)C)on1. The summed E-state index contributed by atoms with van der Waals surface area (Å²) in [4.78, 5) is 13.1. The summed E-state index contributed by atoms with van der Waals surface area (Å²) in [6.45, 7) is 8.25. The summed E-state index contributed by atoms with van der Waals surface area (Å²) in [5.74, 6) is 1.72. The molecular weight excluding hydrogens is 218 g/mol. The van der Waals surface area contributed by atoms with Crippen molar-refractivity contribution in [1.29, 1.82) is 0 Å². The van der Waals surface area contributed by atoms with Crippen LogP contribution >= 0.6 is 0 Å². The lowest BCUT2D eigenvalue weighted by molar-refractivity contribution is 0.226. The lowest BCUT2D eigenvalue weighted by atomic mass is 10.1. The van der Waals surface area contributed by atoms with Crippen molar-refractivity contribution in [3.05, 3.63) is 24.5 Å². The van der Waals surface area contributed by atoms with E-state index in [1.165, 1.54) is 4.90 Å². The molecule has 0 spiro atoms. The molecule has 2 amide bonds. The molecule has 1 N–H and O–H groups in total. The van der Waals surface area contributed by atoms with Gasteiger partial charge in [-0.05, 0) is 5.92 Å². The number of carbonyl (C=O) groups is 1. The largest absolute Gasteiger partial charge is 0.359 e. The highest BCUT2D eigenvalue weighted by molar-refractivity contribution is 5.88. The van der Waals surface area contributed by atoms with Crippen LogP contribution in [0.25, 0.3) is 0 Å². The van der Waals surface area contributed by atoms with E-state index in [0.29, 0.717) is 18.3 Å². The van der Waals surface area contributed by atoms with Crippen molar-refractivity contribution >= 4 is 11.8 Å². The molecule has 0 atom stereocenters. The molecule has 0 unspecified atom stereocenters. The van der Waals surface area contributed by atoms with Gasteiger partial charge in [0.1, 0.15) is 5.76 Å². The molecule has 0 fully saturated rings. The Labute approximate surface area is 101 Å². The van der Waals surface area contributed by atoms with Gasteiger partial charge in [-0.25, -0.2) is 4.79 Å². The molecule has 1 rings (SSSR count). The van der Waals surface area contributed by atoms with Crippen LogP contribution < -0.4 is 5.32 Å². The molecule has 0 saturated carbocycles. The minimum Gasteiger partial charge on any atom is -0.359 e. The fraction of sp³-hybridized carbons (Fsp3) is 0.500. The van der Waals surface area contributed by atoms with Crippen molar-refractivity contribution < 1.29 is 9.32 Å². The molecule has 0 aliphatic carbocycles. The van der Waals surface area contributed by atoms with Gasteiger partial charge in [0.05, 0.1) is 0 Å². The summed E-state index contributed by atoms with van der Waals surface area (Å²) in [6, 6.07) is 1.52. The van der Waals surface area contributed by atoms with Crippen molar-refractivity contribution in [3.63, 3.8) is 0 Å². The average Bonchev–Trinajstić information content (AvgIpc) is 2.64.